The minimum atomic E-state index is -4.01. The van der Waals surface area contributed by atoms with Crippen LogP contribution in [0.4, 0.5) is 0 Å². The highest BCUT2D eigenvalue weighted by Crippen LogP contribution is 2.51. The van der Waals surface area contributed by atoms with Crippen molar-refractivity contribution in [3.05, 3.63) is 88.5 Å². The summed E-state index contributed by atoms with van der Waals surface area (Å²) < 4.78 is 31.4. The van der Waals surface area contributed by atoms with Crippen LogP contribution in [0.5, 0.6) is 17.2 Å². The van der Waals surface area contributed by atoms with Crippen molar-refractivity contribution in [1.29, 1.82) is 0 Å². The smallest absolute Gasteiger partial charge is 0.386 e. The quantitative estimate of drug-likeness (QED) is 0.351. The van der Waals surface area contributed by atoms with E-state index >= 15 is 0 Å². The van der Waals surface area contributed by atoms with Crippen molar-refractivity contribution in [2.75, 3.05) is 0 Å². The van der Waals surface area contributed by atoms with Crippen LogP contribution in [0.3, 0.4) is 0 Å². The molecule has 0 radical (unpaired) electrons. The highest BCUT2D eigenvalue weighted by atomic mass is 31.2. The molecule has 0 bridgehead atoms. The second-order valence-corrected chi connectivity index (χ2v) is 8.95. The first-order chi connectivity index (χ1) is 14.3. The second-order valence-electron chi connectivity index (χ2n) is 7.51. The van der Waals surface area contributed by atoms with Crippen molar-refractivity contribution in [1.82, 2.24) is 0 Å². The van der Waals surface area contributed by atoms with Crippen LogP contribution in [-0.4, -0.2) is 0 Å². The van der Waals surface area contributed by atoms with Gasteiger partial charge in [-0.2, -0.15) is 4.57 Å². The molecule has 0 unspecified atom stereocenters. The summed E-state index contributed by atoms with van der Waals surface area (Å²) in [4.78, 5) is 0. The fourth-order valence-corrected chi connectivity index (χ4v) is 4.45. The summed E-state index contributed by atoms with van der Waals surface area (Å²) in [7, 11) is -4.01. The lowest BCUT2D eigenvalue weighted by molar-refractivity contribution is 0.297. The molecule has 5 heteroatoms. The van der Waals surface area contributed by atoms with Gasteiger partial charge in [-0.1, -0.05) is 49.7 Å². The van der Waals surface area contributed by atoms with Gasteiger partial charge < -0.3 is 13.6 Å². The Morgan fingerprint density at radius 1 is 0.700 bits per heavy atom. The molecule has 0 N–H and O–H groups in total. The molecule has 3 rings (SSSR count). The second kappa shape index (κ2) is 9.40. The van der Waals surface area contributed by atoms with E-state index in [1.807, 2.05) is 64.1 Å². The van der Waals surface area contributed by atoms with Crippen LogP contribution in [0.2, 0.25) is 0 Å². The Labute approximate surface area is 179 Å². The van der Waals surface area contributed by atoms with Crippen molar-refractivity contribution in [3.8, 4) is 17.2 Å². The van der Waals surface area contributed by atoms with Gasteiger partial charge in [0, 0.05) is 0 Å². The minimum Gasteiger partial charge on any atom is -0.386 e. The molecule has 0 fully saturated rings. The third-order valence-electron chi connectivity index (χ3n) is 5.21. The number of rotatable bonds is 8. The molecule has 0 aromatic heterocycles. The Hall–Kier alpha value is -2.71. The van der Waals surface area contributed by atoms with E-state index in [0.29, 0.717) is 17.2 Å². The standard InChI is InChI=1S/C25H29O4P/c1-6-9-22-14-16-23(17-15-22)27-30(26,28-24-12-7-10-18(2)20(24)4)29-25-13-8-11-19(3)21(25)5/h7-8,10-17H,6,9H2,1-5H3. The summed E-state index contributed by atoms with van der Waals surface area (Å²) in [5.74, 6) is 1.39. The maximum absolute atomic E-state index is 13.8. The summed E-state index contributed by atoms with van der Waals surface area (Å²) in [6.45, 7) is 9.94. The van der Waals surface area contributed by atoms with Crippen LogP contribution in [-0.2, 0) is 11.0 Å². The van der Waals surface area contributed by atoms with E-state index in [9.17, 15) is 4.57 Å². The van der Waals surface area contributed by atoms with E-state index in [-0.39, 0.29) is 0 Å². The number of phosphoric ester groups is 1. The third kappa shape index (κ3) is 5.25. The van der Waals surface area contributed by atoms with Crippen LogP contribution in [0.15, 0.2) is 60.7 Å². The summed E-state index contributed by atoms with van der Waals surface area (Å²) in [5.41, 5.74) is 5.06. The number of benzene rings is 3. The first kappa shape index (κ1) is 22.0. The highest BCUT2D eigenvalue weighted by Gasteiger charge is 2.34. The van der Waals surface area contributed by atoms with Crippen LogP contribution in [0.1, 0.15) is 41.2 Å². The Balaban J connectivity index is 1.95. The Bertz CT molecular complexity index is 1000. The van der Waals surface area contributed by atoms with Gasteiger partial charge in [-0.3, -0.25) is 0 Å². The molecule has 158 valence electrons. The fourth-order valence-electron chi connectivity index (χ4n) is 3.08. The Kier molecular flexibility index (Phi) is 6.89. The largest absolute Gasteiger partial charge is 0.647 e. The lowest BCUT2D eigenvalue weighted by Gasteiger charge is -2.22. The van der Waals surface area contributed by atoms with Crippen molar-refractivity contribution in [3.63, 3.8) is 0 Å². The first-order valence-corrected chi connectivity index (χ1v) is 11.7. The summed E-state index contributed by atoms with van der Waals surface area (Å²) in [6.07, 6.45) is 2.04. The van der Waals surface area contributed by atoms with E-state index in [1.165, 1.54) is 5.56 Å². The lowest BCUT2D eigenvalue weighted by atomic mass is 10.1. The van der Waals surface area contributed by atoms with E-state index in [1.54, 1.807) is 24.3 Å². The lowest BCUT2D eigenvalue weighted by Crippen LogP contribution is -2.09. The van der Waals surface area contributed by atoms with Crippen molar-refractivity contribution < 1.29 is 18.1 Å². The molecule has 0 aliphatic rings. The Morgan fingerprint density at radius 2 is 1.20 bits per heavy atom. The predicted octanol–water partition coefficient (Wildman–Crippen LogP) is 7.52. The van der Waals surface area contributed by atoms with Crippen molar-refractivity contribution in [2.45, 2.75) is 47.5 Å². The summed E-state index contributed by atoms with van der Waals surface area (Å²) >= 11 is 0. The molecule has 0 atom stereocenters. The molecule has 3 aromatic carbocycles. The average molecular weight is 424 g/mol. The molecular formula is C25H29O4P. The van der Waals surface area contributed by atoms with Gasteiger partial charge in [0.15, 0.2) is 0 Å². The molecule has 0 aliphatic heterocycles. The first-order valence-electron chi connectivity index (χ1n) is 10.2. The van der Waals surface area contributed by atoms with Crippen molar-refractivity contribution >= 4 is 7.82 Å². The highest BCUT2D eigenvalue weighted by molar-refractivity contribution is 7.49. The van der Waals surface area contributed by atoms with Gasteiger partial charge in [-0.25, -0.2) is 0 Å². The molecule has 3 aromatic rings. The number of phosphoric acid groups is 1. The van der Waals surface area contributed by atoms with Gasteiger partial charge in [0.05, 0.1) is 0 Å². The number of aryl methyl sites for hydroxylation is 3. The molecule has 0 saturated heterocycles. The molecule has 30 heavy (non-hydrogen) atoms. The predicted molar refractivity (Wildman–Crippen MR) is 122 cm³/mol. The van der Waals surface area contributed by atoms with Gasteiger partial charge in [-0.15, -0.1) is 0 Å². The number of hydrogen-bond acceptors (Lipinski definition) is 4. The fraction of sp³-hybridized carbons (Fsp3) is 0.280. The zero-order chi connectivity index (χ0) is 21.7. The SMILES string of the molecule is CCCc1ccc(OP(=O)(Oc2cccc(C)c2C)Oc2cccc(C)c2C)cc1. The third-order valence-corrected chi connectivity index (χ3v) is 6.48. The molecule has 0 amide bonds. The van der Waals surface area contributed by atoms with Crippen LogP contribution < -0.4 is 13.6 Å². The summed E-state index contributed by atoms with van der Waals surface area (Å²) in [6, 6.07) is 18.8. The van der Waals surface area contributed by atoms with Gasteiger partial charge in [0.2, 0.25) is 0 Å². The van der Waals surface area contributed by atoms with E-state index in [2.05, 4.69) is 6.92 Å². The van der Waals surface area contributed by atoms with Gasteiger partial charge in [0.25, 0.3) is 0 Å². The van der Waals surface area contributed by atoms with Crippen LogP contribution in [0, 0.1) is 27.7 Å². The zero-order valence-electron chi connectivity index (χ0n) is 18.3. The molecule has 0 spiro atoms. The topological polar surface area (TPSA) is 44.8 Å². The van der Waals surface area contributed by atoms with E-state index < -0.39 is 7.82 Å². The molecule has 4 nitrogen and oxygen atoms in total. The minimum absolute atomic E-state index is 0.439. The van der Waals surface area contributed by atoms with Crippen LogP contribution >= 0.6 is 7.82 Å². The van der Waals surface area contributed by atoms with Crippen molar-refractivity contribution in [2.24, 2.45) is 0 Å². The normalized spacial score (nSPS) is 11.2. The zero-order valence-corrected chi connectivity index (χ0v) is 19.2. The maximum atomic E-state index is 13.8. The maximum Gasteiger partial charge on any atom is 0.647 e. The van der Waals surface area contributed by atoms with Crippen LogP contribution in [0.25, 0.3) is 0 Å². The average Bonchev–Trinajstić information content (AvgIpc) is 2.71. The molecule has 0 saturated carbocycles. The molecular weight excluding hydrogens is 395 g/mol. The van der Waals surface area contributed by atoms with Gasteiger partial charge in [0.1, 0.15) is 17.2 Å². The monoisotopic (exact) mass is 424 g/mol. The van der Waals surface area contributed by atoms with E-state index in [0.717, 1.165) is 35.1 Å². The van der Waals surface area contributed by atoms with Gasteiger partial charge >= 0.3 is 7.82 Å². The van der Waals surface area contributed by atoms with Gasteiger partial charge in [-0.05, 0) is 86.2 Å². The molecule has 0 heterocycles. The number of hydrogen-bond donors (Lipinski definition) is 0. The van der Waals surface area contributed by atoms with E-state index in [4.69, 9.17) is 13.6 Å². The summed E-state index contributed by atoms with van der Waals surface area (Å²) in [5, 5.41) is 0. The Morgan fingerprint density at radius 3 is 1.67 bits per heavy atom. The molecule has 0 aliphatic carbocycles.